The Kier molecular flexibility index (Phi) is 1.78. The number of carbonyl (C=O) groups is 1. The quantitative estimate of drug-likeness (QED) is 0.323. The van der Waals surface area contributed by atoms with Crippen LogP contribution in [0.5, 0.6) is 0 Å². The lowest BCUT2D eigenvalue weighted by Gasteiger charge is -2.38. The summed E-state index contributed by atoms with van der Waals surface area (Å²) in [4.78, 5) is 40.4. The van der Waals surface area contributed by atoms with E-state index in [1.807, 2.05) is 0 Å². The fourth-order valence-electron chi connectivity index (χ4n) is 0.601. The highest BCUT2D eigenvalue weighted by molar-refractivity contribution is 7.72. The fourth-order valence-corrected chi connectivity index (χ4v) is 1.18. The van der Waals surface area contributed by atoms with E-state index in [9.17, 15) is 19.5 Å². The van der Waals surface area contributed by atoms with Crippen molar-refractivity contribution >= 4 is 13.5 Å². The van der Waals surface area contributed by atoms with E-state index in [1.165, 1.54) is 6.92 Å². The van der Waals surface area contributed by atoms with E-state index < -0.39 is 25.7 Å². The number of hydrogen-bond donors (Lipinski definition) is 0. The molecule has 0 spiro atoms. The Hall–Kier alpha value is -0.0600. The van der Waals surface area contributed by atoms with Crippen molar-refractivity contribution in [1.82, 2.24) is 0 Å². The molecule has 1 aliphatic rings. The van der Waals surface area contributed by atoms with Crippen LogP contribution in [0.1, 0.15) is 6.92 Å². The molecule has 5 nitrogen and oxygen atoms in total. The SMILES string of the molecule is C[C@@H]1O[C@@H]1C(=O)[P+]([O-])([O-])[O-]. The molecule has 10 heavy (non-hydrogen) atoms. The topological polar surface area (TPSA) is 98.8 Å². The van der Waals surface area contributed by atoms with Gasteiger partial charge < -0.3 is 19.4 Å². The largest absolute Gasteiger partial charge is 0.681 e. The summed E-state index contributed by atoms with van der Waals surface area (Å²) < 4.78 is 4.48. The van der Waals surface area contributed by atoms with Gasteiger partial charge in [0.15, 0.2) is 6.10 Å². The molecule has 0 aromatic rings. The summed E-state index contributed by atoms with van der Waals surface area (Å²) in [5.41, 5.74) is -1.33. The summed E-state index contributed by atoms with van der Waals surface area (Å²) in [7, 11) is -5.05. The zero-order chi connectivity index (χ0) is 7.94. The molecule has 6 heteroatoms. The van der Waals surface area contributed by atoms with E-state index in [1.54, 1.807) is 0 Å². The first-order valence-corrected chi connectivity index (χ1v) is 4.19. The predicted molar refractivity (Wildman–Crippen MR) is 26.3 cm³/mol. The second-order valence-corrected chi connectivity index (χ2v) is 3.53. The predicted octanol–water partition coefficient (Wildman–Crippen LogP) is -2.86. The molecule has 1 rings (SSSR count). The molecule has 0 saturated carbocycles. The van der Waals surface area contributed by atoms with Gasteiger partial charge in [0.05, 0.1) is 6.10 Å². The Bertz CT molecular complexity index is 162. The van der Waals surface area contributed by atoms with Gasteiger partial charge in [0, 0.05) is 0 Å². The minimum absolute atomic E-state index is 0.413. The van der Waals surface area contributed by atoms with E-state index in [-0.39, 0.29) is 0 Å². The van der Waals surface area contributed by atoms with Gasteiger partial charge in [-0.05, 0) is 6.92 Å². The lowest BCUT2D eigenvalue weighted by molar-refractivity contribution is -0.422. The van der Waals surface area contributed by atoms with Crippen LogP contribution in [-0.2, 0) is 9.53 Å². The van der Waals surface area contributed by atoms with Crippen LogP contribution in [0.2, 0.25) is 0 Å². The van der Waals surface area contributed by atoms with E-state index in [0.717, 1.165) is 0 Å². The van der Waals surface area contributed by atoms with Gasteiger partial charge in [0.1, 0.15) is 0 Å². The van der Waals surface area contributed by atoms with Gasteiger partial charge in [-0.2, -0.15) is 0 Å². The Morgan fingerprint density at radius 3 is 2.00 bits per heavy atom. The van der Waals surface area contributed by atoms with Crippen LogP contribution in [0, 0.1) is 0 Å². The van der Waals surface area contributed by atoms with Crippen molar-refractivity contribution in [1.29, 1.82) is 0 Å². The number of hydrogen-bond acceptors (Lipinski definition) is 5. The lowest BCUT2D eigenvalue weighted by atomic mass is 10.4. The second-order valence-electron chi connectivity index (χ2n) is 2.10. The maximum Gasteiger partial charge on any atom is 0.281 e. The van der Waals surface area contributed by atoms with Crippen LogP contribution < -0.4 is 14.7 Å². The van der Waals surface area contributed by atoms with Crippen molar-refractivity contribution in [2.75, 3.05) is 0 Å². The van der Waals surface area contributed by atoms with Gasteiger partial charge in [0.2, 0.25) is 0 Å². The molecule has 0 bridgehead atoms. The summed E-state index contributed by atoms with van der Waals surface area (Å²) in [6.45, 7) is 1.53. The summed E-state index contributed by atoms with van der Waals surface area (Å²) >= 11 is 0. The summed E-state index contributed by atoms with van der Waals surface area (Å²) in [5, 5.41) is 0. The average Bonchev–Trinajstić information content (AvgIpc) is 2.42. The number of carbonyl (C=O) groups excluding carboxylic acids is 1. The van der Waals surface area contributed by atoms with E-state index in [2.05, 4.69) is 4.74 Å². The lowest BCUT2D eigenvalue weighted by Crippen LogP contribution is -2.40. The number of rotatable bonds is 2. The molecule has 1 heterocycles. The van der Waals surface area contributed by atoms with Crippen LogP contribution in [0.15, 0.2) is 0 Å². The number of ether oxygens (including phenoxy) is 1. The zero-order valence-corrected chi connectivity index (χ0v) is 6.04. The van der Waals surface area contributed by atoms with Gasteiger partial charge in [0.25, 0.3) is 5.52 Å². The third kappa shape index (κ3) is 1.51. The maximum absolute atomic E-state index is 10.4. The van der Waals surface area contributed by atoms with Gasteiger partial charge in [-0.25, -0.2) is 0 Å². The molecule has 0 aromatic heterocycles. The van der Waals surface area contributed by atoms with Crippen molar-refractivity contribution in [3.05, 3.63) is 0 Å². The molecule has 0 unspecified atom stereocenters. The van der Waals surface area contributed by atoms with Gasteiger partial charge in [-0.3, -0.25) is 4.79 Å². The molecule has 0 N–H and O–H groups in total. The van der Waals surface area contributed by atoms with Crippen molar-refractivity contribution in [2.24, 2.45) is 0 Å². The smallest absolute Gasteiger partial charge is 0.281 e. The number of epoxide rings is 1. The first-order chi connectivity index (χ1) is 4.43. The van der Waals surface area contributed by atoms with Crippen LogP contribution in [0.4, 0.5) is 0 Å². The average molecular weight is 164 g/mol. The summed E-state index contributed by atoms with van der Waals surface area (Å²) in [6.07, 6.45) is -1.41. The molecule has 1 aliphatic heterocycles. The highest BCUT2D eigenvalue weighted by Gasteiger charge is 2.45. The van der Waals surface area contributed by atoms with Crippen LogP contribution in [0.25, 0.3) is 0 Å². The van der Waals surface area contributed by atoms with Crippen LogP contribution in [0.3, 0.4) is 0 Å². The molecule has 0 aliphatic carbocycles. The molecule has 58 valence electrons. The Balaban J connectivity index is 2.51. The van der Waals surface area contributed by atoms with E-state index >= 15 is 0 Å². The molecule has 0 aromatic carbocycles. The third-order valence-electron chi connectivity index (χ3n) is 1.22. The normalized spacial score (nSPS) is 32.0. The van der Waals surface area contributed by atoms with Crippen molar-refractivity contribution in [3.63, 3.8) is 0 Å². The van der Waals surface area contributed by atoms with Gasteiger partial charge in [-0.1, -0.05) is 7.94 Å². The molecule has 0 radical (unpaired) electrons. The van der Waals surface area contributed by atoms with Gasteiger partial charge in [-0.15, -0.1) is 0 Å². The Morgan fingerprint density at radius 1 is 1.50 bits per heavy atom. The summed E-state index contributed by atoms with van der Waals surface area (Å²) in [5.74, 6) is 0. The molecule has 0 amide bonds. The zero-order valence-electron chi connectivity index (χ0n) is 5.14. The van der Waals surface area contributed by atoms with Gasteiger partial charge >= 0.3 is 0 Å². The molecular formula is C4H5O5P-2. The van der Waals surface area contributed by atoms with E-state index in [4.69, 9.17) is 0 Å². The minimum Gasteiger partial charge on any atom is -0.681 e. The monoisotopic (exact) mass is 164 g/mol. The van der Waals surface area contributed by atoms with Crippen molar-refractivity contribution in [2.45, 2.75) is 19.1 Å². The minimum atomic E-state index is -5.05. The summed E-state index contributed by atoms with van der Waals surface area (Å²) in [6, 6.07) is 0. The standard InChI is InChI=1S/C4H7O5P/c1-2-3(9-2)4(5)10(6,7)8/h2-3H,1H3,(H2,6,7,8)/p-2/t2-,3-/m0/s1. The Morgan fingerprint density at radius 2 is 1.90 bits per heavy atom. The first-order valence-electron chi connectivity index (χ1n) is 2.65. The fraction of sp³-hybridized carbons (Fsp3) is 0.750. The highest BCUT2D eigenvalue weighted by atomic mass is 31.2. The molecule has 1 fully saturated rings. The van der Waals surface area contributed by atoms with E-state index in [0.29, 0.717) is 0 Å². The van der Waals surface area contributed by atoms with Crippen LogP contribution in [-0.4, -0.2) is 17.7 Å². The Labute approximate surface area is 57.8 Å². The van der Waals surface area contributed by atoms with Crippen molar-refractivity contribution < 1.29 is 24.2 Å². The van der Waals surface area contributed by atoms with Crippen molar-refractivity contribution in [3.8, 4) is 0 Å². The molecule has 2 atom stereocenters. The first kappa shape index (κ1) is 8.04. The molecule has 1 saturated heterocycles. The van der Waals surface area contributed by atoms with Crippen LogP contribution >= 0.6 is 7.94 Å². The third-order valence-corrected chi connectivity index (χ3v) is 2.02. The molecular weight excluding hydrogens is 159 g/mol. The second kappa shape index (κ2) is 2.22. The highest BCUT2D eigenvalue weighted by Crippen LogP contribution is 2.38. The maximum atomic E-state index is 10.4.